The third-order valence-electron chi connectivity index (χ3n) is 3.96. The number of aryl methyl sites for hydroxylation is 3. The Morgan fingerprint density at radius 1 is 1.29 bits per heavy atom. The van der Waals surface area contributed by atoms with Gasteiger partial charge in [-0.2, -0.15) is 14.7 Å². The molecular weight excluding hydrogens is 310 g/mol. The molecule has 0 atom stereocenters. The number of aromatic amines is 1. The van der Waals surface area contributed by atoms with Crippen LogP contribution in [0, 0.1) is 17.0 Å². The van der Waals surface area contributed by atoms with E-state index in [4.69, 9.17) is 0 Å². The zero-order chi connectivity index (χ0) is 17.3. The summed E-state index contributed by atoms with van der Waals surface area (Å²) in [6, 6.07) is 6.56. The van der Waals surface area contributed by atoms with Gasteiger partial charge in [0.05, 0.1) is 16.2 Å². The van der Waals surface area contributed by atoms with E-state index in [1.807, 2.05) is 0 Å². The van der Waals surface area contributed by atoms with Crippen LogP contribution in [-0.2, 0) is 12.8 Å². The molecule has 0 amide bonds. The normalized spacial score (nSPS) is 11.1. The lowest BCUT2D eigenvalue weighted by molar-refractivity contribution is -0.384. The minimum atomic E-state index is -0.406. The van der Waals surface area contributed by atoms with Gasteiger partial charge in [-0.05, 0) is 32.3 Å². The number of nitro groups is 1. The summed E-state index contributed by atoms with van der Waals surface area (Å²) in [5.41, 5.74) is 3.02. The summed E-state index contributed by atoms with van der Waals surface area (Å²) in [6.07, 6.45) is 2.30. The number of hydrogen-bond donors (Lipinski definition) is 1. The minimum absolute atomic E-state index is 0.0384. The van der Waals surface area contributed by atoms with Crippen molar-refractivity contribution in [2.75, 3.05) is 0 Å². The number of nitrogens with zero attached hydrogens (tertiary/aromatic N) is 4. The van der Waals surface area contributed by atoms with Crippen molar-refractivity contribution in [1.29, 1.82) is 0 Å². The highest BCUT2D eigenvalue weighted by molar-refractivity contribution is 6.00. The van der Waals surface area contributed by atoms with E-state index in [1.165, 1.54) is 19.1 Å². The van der Waals surface area contributed by atoms with Gasteiger partial charge in [0.25, 0.3) is 5.69 Å². The molecule has 0 aliphatic carbocycles. The number of carbonyl (C=O) groups excluding carboxylic acids is 1. The van der Waals surface area contributed by atoms with Gasteiger partial charge in [0.2, 0.25) is 0 Å². The average Bonchev–Trinajstić information content (AvgIpc) is 3.06. The second-order valence-electron chi connectivity index (χ2n) is 5.69. The lowest BCUT2D eigenvalue weighted by atomic mass is 10.1. The molecule has 3 rings (SSSR count). The summed E-state index contributed by atoms with van der Waals surface area (Å²) in [7, 11) is 0. The molecule has 3 aromatic rings. The van der Waals surface area contributed by atoms with E-state index in [1.54, 1.807) is 23.6 Å². The molecule has 8 nitrogen and oxygen atoms in total. The predicted molar refractivity (Wildman–Crippen MR) is 87.2 cm³/mol. The second kappa shape index (κ2) is 6.23. The Hall–Kier alpha value is -3.03. The quantitative estimate of drug-likeness (QED) is 0.425. The molecule has 0 aliphatic heterocycles. The summed E-state index contributed by atoms with van der Waals surface area (Å²) in [5.74, 6) is 0.728. The fourth-order valence-electron chi connectivity index (χ4n) is 2.80. The van der Waals surface area contributed by atoms with Gasteiger partial charge in [-0.3, -0.25) is 20.0 Å². The fraction of sp³-hybridized carbons (Fsp3) is 0.312. The topological polar surface area (TPSA) is 106 Å². The van der Waals surface area contributed by atoms with E-state index in [0.717, 1.165) is 24.2 Å². The van der Waals surface area contributed by atoms with Crippen LogP contribution >= 0.6 is 0 Å². The Kier molecular flexibility index (Phi) is 4.11. The van der Waals surface area contributed by atoms with Crippen molar-refractivity contribution in [3.8, 4) is 0 Å². The number of H-pyrrole nitrogens is 1. The molecule has 0 radical (unpaired) electrons. The first-order valence-electron chi connectivity index (χ1n) is 7.64. The maximum absolute atomic E-state index is 11.7. The molecule has 0 bridgehead atoms. The standard InChI is InChI=1S/C16H17N5O3/c1-10-15(11(2)22)16-18-17-14(20(16)19-10)5-3-4-12-6-8-13(9-7-12)21(23)24/h6-9,18H,3-5H2,1-2H3. The molecule has 24 heavy (non-hydrogen) atoms. The van der Waals surface area contributed by atoms with Crippen molar-refractivity contribution in [2.45, 2.75) is 33.1 Å². The number of aromatic nitrogens is 4. The first-order valence-corrected chi connectivity index (χ1v) is 7.64. The van der Waals surface area contributed by atoms with Gasteiger partial charge in [-0.1, -0.05) is 12.1 Å². The van der Waals surface area contributed by atoms with Crippen molar-refractivity contribution in [3.63, 3.8) is 0 Å². The van der Waals surface area contributed by atoms with Gasteiger partial charge in [-0.25, -0.2) is 0 Å². The van der Waals surface area contributed by atoms with E-state index in [0.29, 0.717) is 23.3 Å². The SMILES string of the molecule is CC(=O)c1c(C)nn2c(CCCc3ccc([N+](=O)[O-])cc3)n[nH]c12. The number of nitro benzene ring substituents is 1. The number of fused-ring (bicyclic) bond motifs is 1. The number of Topliss-reactive ketones (excluding diaryl/α,β-unsaturated/α-hetero) is 1. The average molecular weight is 327 g/mol. The van der Waals surface area contributed by atoms with Crippen molar-refractivity contribution < 1.29 is 9.72 Å². The number of carbonyl (C=O) groups is 1. The van der Waals surface area contributed by atoms with Crippen LogP contribution in [0.4, 0.5) is 5.69 Å². The van der Waals surface area contributed by atoms with Crippen molar-refractivity contribution in [2.24, 2.45) is 0 Å². The lowest BCUT2D eigenvalue weighted by Crippen LogP contribution is -1.98. The molecule has 0 saturated carbocycles. The Morgan fingerprint density at radius 2 is 2.00 bits per heavy atom. The number of hydrogen-bond acceptors (Lipinski definition) is 5. The highest BCUT2D eigenvalue weighted by atomic mass is 16.6. The van der Waals surface area contributed by atoms with E-state index in [9.17, 15) is 14.9 Å². The highest BCUT2D eigenvalue weighted by Crippen LogP contribution is 2.17. The Bertz CT molecular complexity index is 908. The van der Waals surface area contributed by atoms with E-state index in [-0.39, 0.29) is 11.5 Å². The zero-order valence-electron chi connectivity index (χ0n) is 13.4. The molecule has 2 aromatic heterocycles. The zero-order valence-corrected chi connectivity index (χ0v) is 13.4. The van der Waals surface area contributed by atoms with Crippen molar-refractivity contribution >= 4 is 17.1 Å². The van der Waals surface area contributed by atoms with Gasteiger partial charge >= 0.3 is 0 Å². The van der Waals surface area contributed by atoms with E-state index < -0.39 is 4.92 Å². The molecule has 124 valence electrons. The summed E-state index contributed by atoms with van der Waals surface area (Å²) < 4.78 is 1.68. The Balaban J connectivity index is 1.69. The monoisotopic (exact) mass is 327 g/mol. The number of rotatable bonds is 6. The lowest BCUT2D eigenvalue weighted by Gasteiger charge is -2.00. The molecule has 0 saturated heterocycles. The van der Waals surface area contributed by atoms with Gasteiger partial charge in [-0.15, -0.1) is 0 Å². The summed E-state index contributed by atoms with van der Waals surface area (Å²) in [5, 5.41) is 22.1. The largest absolute Gasteiger partial charge is 0.294 e. The third-order valence-corrected chi connectivity index (χ3v) is 3.96. The first-order chi connectivity index (χ1) is 11.5. The molecular formula is C16H17N5O3. The molecule has 2 heterocycles. The number of nitrogens with one attached hydrogen (secondary N) is 1. The molecule has 8 heteroatoms. The third kappa shape index (κ3) is 2.90. The van der Waals surface area contributed by atoms with Gasteiger partial charge in [0.1, 0.15) is 0 Å². The highest BCUT2D eigenvalue weighted by Gasteiger charge is 2.17. The summed E-state index contributed by atoms with van der Waals surface area (Å²) >= 11 is 0. The van der Waals surface area contributed by atoms with Crippen LogP contribution in [0.25, 0.3) is 5.65 Å². The number of benzene rings is 1. The van der Waals surface area contributed by atoms with Crippen molar-refractivity contribution in [3.05, 3.63) is 57.0 Å². The van der Waals surface area contributed by atoms with E-state index >= 15 is 0 Å². The molecule has 0 spiro atoms. The molecule has 1 aromatic carbocycles. The summed E-state index contributed by atoms with van der Waals surface area (Å²) in [6.45, 7) is 3.32. The van der Waals surface area contributed by atoms with Crippen LogP contribution in [0.3, 0.4) is 0 Å². The first kappa shape index (κ1) is 15.9. The summed E-state index contributed by atoms with van der Waals surface area (Å²) in [4.78, 5) is 21.9. The fourth-order valence-corrected chi connectivity index (χ4v) is 2.80. The predicted octanol–water partition coefficient (Wildman–Crippen LogP) is 2.65. The van der Waals surface area contributed by atoms with Gasteiger partial charge in [0, 0.05) is 18.6 Å². The van der Waals surface area contributed by atoms with Gasteiger partial charge in [0.15, 0.2) is 17.3 Å². The smallest absolute Gasteiger partial charge is 0.269 e. The van der Waals surface area contributed by atoms with Crippen LogP contribution in [0.5, 0.6) is 0 Å². The number of non-ortho nitro benzene ring substituents is 1. The molecule has 0 fully saturated rings. The van der Waals surface area contributed by atoms with Crippen LogP contribution in [-0.4, -0.2) is 30.5 Å². The van der Waals surface area contributed by atoms with E-state index in [2.05, 4.69) is 15.3 Å². The van der Waals surface area contributed by atoms with Gasteiger partial charge < -0.3 is 0 Å². The maximum Gasteiger partial charge on any atom is 0.269 e. The minimum Gasteiger partial charge on any atom is -0.294 e. The van der Waals surface area contributed by atoms with Crippen LogP contribution in [0.15, 0.2) is 24.3 Å². The maximum atomic E-state index is 11.7. The Morgan fingerprint density at radius 3 is 2.62 bits per heavy atom. The molecule has 0 unspecified atom stereocenters. The molecule has 0 aliphatic rings. The van der Waals surface area contributed by atoms with Crippen LogP contribution in [0.2, 0.25) is 0 Å². The number of ketones is 1. The second-order valence-corrected chi connectivity index (χ2v) is 5.69. The molecule has 1 N–H and O–H groups in total. The van der Waals surface area contributed by atoms with Crippen LogP contribution in [0.1, 0.15) is 40.8 Å². The van der Waals surface area contributed by atoms with Crippen LogP contribution < -0.4 is 0 Å². The Labute approximate surface area is 137 Å². The van der Waals surface area contributed by atoms with Crippen molar-refractivity contribution in [1.82, 2.24) is 19.8 Å².